The van der Waals surface area contributed by atoms with Gasteiger partial charge in [-0.15, -0.1) is 0 Å². The fourth-order valence-electron chi connectivity index (χ4n) is 3.17. The molecule has 2 fully saturated rings. The van der Waals surface area contributed by atoms with Crippen LogP contribution >= 0.6 is 11.8 Å². The highest BCUT2D eigenvalue weighted by Crippen LogP contribution is 2.42. The van der Waals surface area contributed by atoms with Gasteiger partial charge in [-0.05, 0) is 26.2 Å². The summed E-state index contributed by atoms with van der Waals surface area (Å²) in [6.45, 7) is 8.63. The number of nitrogens with one attached hydrogen (secondary N) is 1. The maximum absolute atomic E-state index is 4.76. The molecule has 1 aliphatic carbocycles. The van der Waals surface area contributed by atoms with Gasteiger partial charge in [0, 0.05) is 36.7 Å². The number of hydrogen-bond acceptors (Lipinski definition) is 2. The van der Waals surface area contributed by atoms with Crippen LogP contribution < -0.4 is 5.32 Å². The molecule has 2 rings (SSSR count). The molecule has 4 heteroatoms. The first-order chi connectivity index (χ1) is 9.29. The summed E-state index contributed by atoms with van der Waals surface area (Å²) in [7, 11) is 0. The van der Waals surface area contributed by atoms with Crippen LogP contribution in [-0.2, 0) is 0 Å². The summed E-state index contributed by atoms with van der Waals surface area (Å²) in [6.07, 6.45) is 8.21. The van der Waals surface area contributed by atoms with Crippen molar-refractivity contribution in [1.29, 1.82) is 0 Å². The summed E-state index contributed by atoms with van der Waals surface area (Å²) in [5, 5.41) is 3.48. The molecule has 1 heterocycles. The lowest BCUT2D eigenvalue weighted by molar-refractivity contribution is 0.293. The molecule has 0 aromatic rings. The van der Waals surface area contributed by atoms with Crippen LogP contribution in [0.4, 0.5) is 0 Å². The maximum atomic E-state index is 4.76. The zero-order valence-corrected chi connectivity index (χ0v) is 13.4. The molecule has 0 unspecified atom stereocenters. The van der Waals surface area contributed by atoms with E-state index in [1.54, 1.807) is 0 Å². The minimum atomic E-state index is 0.527. The van der Waals surface area contributed by atoms with Gasteiger partial charge >= 0.3 is 0 Å². The first kappa shape index (κ1) is 15.0. The van der Waals surface area contributed by atoms with E-state index in [1.165, 1.54) is 44.4 Å². The van der Waals surface area contributed by atoms with Gasteiger partial charge in [0.2, 0.25) is 0 Å². The molecule has 0 aromatic carbocycles. The molecule has 3 nitrogen and oxygen atoms in total. The van der Waals surface area contributed by atoms with Gasteiger partial charge in [-0.25, -0.2) is 0 Å². The van der Waals surface area contributed by atoms with E-state index in [-0.39, 0.29) is 0 Å². The van der Waals surface area contributed by atoms with E-state index < -0.39 is 0 Å². The van der Waals surface area contributed by atoms with Crippen molar-refractivity contribution < 1.29 is 0 Å². The van der Waals surface area contributed by atoms with Crippen molar-refractivity contribution in [3.05, 3.63) is 0 Å². The summed E-state index contributed by atoms with van der Waals surface area (Å²) in [5.41, 5.74) is 0. The minimum Gasteiger partial charge on any atom is -0.357 e. The minimum absolute atomic E-state index is 0.527. The van der Waals surface area contributed by atoms with E-state index in [9.17, 15) is 0 Å². The third-order valence-corrected chi connectivity index (χ3v) is 5.67. The van der Waals surface area contributed by atoms with Crippen molar-refractivity contribution in [2.24, 2.45) is 4.99 Å². The van der Waals surface area contributed by atoms with Crippen molar-refractivity contribution in [2.45, 2.75) is 57.1 Å². The summed E-state index contributed by atoms with van der Waals surface area (Å²) < 4.78 is 0.527. The molecular formula is C15H29N3S. The molecule has 0 radical (unpaired) electrons. The fourth-order valence-corrected chi connectivity index (χ4v) is 4.74. The van der Waals surface area contributed by atoms with Crippen LogP contribution in [0.3, 0.4) is 0 Å². The lowest BCUT2D eigenvalue weighted by Gasteiger charge is -2.45. The Morgan fingerprint density at radius 1 is 1.26 bits per heavy atom. The Kier molecular flexibility index (Phi) is 5.86. The van der Waals surface area contributed by atoms with E-state index in [2.05, 4.69) is 35.8 Å². The Bertz CT molecular complexity index is 292. The van der Waals surface area contributed by atoms with E-state index in [1.807, 2.05) is 0 Å². The molecule has 19 heavy (non-hydrogen) atoms. The average molecular weight is 283 g/mol. The van der Waals surface area contributed by atoms with Gasteiger partial charge in [-0.2, -0.15) is 11.8 Å². The zero-order chi connectivity index (χ0) is 13.6. The second kappa shape index (κ2) is 7.41. The Morgan fingerprint density at radius 3 is 2.74 bits per heavy atom. The fraction of sp³-hybridized carbons (Fsp3) is 0.933. The molecule has 110 valence electrons. The van der Waals surface area contributed by atoms with Gasteiger partial charge in [0.05, 0.1) is 0 Å². The smallest absolute Gasteiger partial charge is 0.193 e. The molecule has 1 saturated heterocycles. The van der Waals surface area contributed by atoms with Crippen LogP contribution in [0.2, 0.25) is 0 Å². The van der Waals surface area contributed by atoms with Gasteiger partial charge in [-0.1, -0.05) is 26.2 Å². The molecule has 0 bridgehead atoms. The number of hydrogen-bond donors (Lipinski definition) is 1. The number of guanidine groups is 1. The molecule has 1 N–H and O–H groups in total. The summed E-state index contributed by atoms with van der Waals surface area (Å²) in [5.74, 6) is 2.41. The van der Waals surface area contributed by atoms with Crippen molar-refractivity contribution in [3.8, 4) is 0 Å². The second-order valence-corrected chi connectivity index (χ2v) is 7.31. The van der Waals surface area contributed by atoms with E-state index in [0.717, 1.165) is 32.0 Å². The van der Waals surface area contributed by atoms with Crippen LogP contribution in [0.5, 0.6) is 0 Å². The third kappa shape index (κ3) is 4.04. The lowest BCUT2D eigenvalue weighted by atomic mass is 9.87. The Morgan fingerprint density at radius 2 is 2.05 bits per heavy atom. The topological polar surface area (TPSA) is 27.6 Å². The molecule has 0 amide bonds. The number of rotatable bonds is 3. The average Bonchev–Trinajstić information content (AvgIpc) is 2.44. The van der Waals surface area contributed by atoms with Crippen LogP contribution in [0, 0.1) is 0 Å². The Balaban J connectivity index is 2.01. The molecule has 1 saturated carbocycles. The van der Waals surface area contributed by atoms with Crippen LogP contribution in [-0.4, -0.2) is 47.5 Å². The Labute approximate surface area is 122 Å². The highest BCUT2D eigenvalue weighted by Gasteiger charge is 2.38. The molecular weight excluding hydrogens is 254 g/mol. The van der Waals surface area contributed by atoms with Crippen molar-refractivity contribution in [2.75, 3.05) is 31.9 Å². The van der Waals surface area contributed by atoms with Crippen molar-refractivity contribution in [1.82, 2.24) is 10.2 Å². The summed E-state index contributed by atoms with van der Waals surface area (Å²) >= 11 is 2.23. The van der Waals surface area contributed by atoms with Gasteiger partial charge in [0.25, 0.3) is 0 Å². The summed E-state index contributed by atoms with van der Waals surface area (Å²) in [6, 6.07) is 0. The molecule has 2 aliphatic rings. The normalized spacial score (nSPS) is 23.7. The van der Waals surface area contributed by atoms with Gasteiger partial charge in [0.1, 0.15) is 0 Å². The first-order valence-corrected chi connectivity index (χ1v) is 8.95. The monoisotopic (exact) mass is 283 g/mol. The highest BCUT2D eigenvalue weighted by molar-refractivity contribution is 8.00. The number of nitrogens with zero attached hydrogens (tertiary/aromatic N) is 2. The largest absolute Gasteiger partial charge is 0.357 e. The standard InChI is InChI=1S/C15H29N3S/c1-3-10-17-14(16-4-2)18-11-12-19-15(13-18)8-6-5-7-9-15/h3-13H2,1-2H3,(H,16,17). The molecule has 1 spiro atoms. The molecule has 0 aromatic heterocycles. The lowest BCUT2D eigenvalue weighted by Crippen LogP contribution is -2.53. The predicted molar refractivity (Wildman–Crippen MR) is 86.1 cm³/mol. The predicted octanol–water partition coefficient (Wildman–Crippen LogP) is 3.11. The van der Waals surface area contributed by atoms with Crippen molar-refractivity contribution in [3.63, 3.8) is 0 Å². The SMILES string of the molecule is CCCN=C(NCC)N1CCSC2(CCCCC2)C1. The number of aliphatic imine (C=N–C) groups is 1. The second-order valence-electron chi connectivity index (χ2n) is 5.75. The summed E-state index contributed by atoms with van der Waals surface area (Å²) in [4.78, 5) is 7.27. The van der Waals surface area contributed by atoms with Crippen LogP contribution in [0.15, 0.2) is 4.99 Å². The van der Waals surface area contributed by atoms with Crippen LogP contribution in [0.25, 0.3) is 0 Å². The maximum Gasteiger partial charge on any atom is 0.193 e. The third-order valence-electron chi connectivity index (χ3n) is 4.13. The van der Waals surface area contributed by atoms with Gasteiger partial charge in [0.15, 0.2) is 5.96 Å². The highest BCUT2D eigenvalue weighted by atomic mass is 32.2. The van der Waals surface area contributed by atoms with E-state index >= 15 is 0 Å². The number of thioether (sulfide) groups is 1. The van der Waals surface area contributed by atoms with Crippen LogP contribution in [0.1, 0.15) is 52.4 Å². The molecule has 0 atom stereocenters. The van der Waals surface area contributed by atoms with Gasteiger partial charge < -0.3 is 10.2 Å². The van der Waals surface area contributed by atoms with E-state index in [4.69, 9.17) is 4.99 Å². The van der Waals surface area contributed by atoms with Crippen molar-refractivity contribution >= 4 is 17.7 Å². The van der Waals surface area contributed by atoms with Gasteiger partial charge in [-0.3, -0.25) is 4.99 Å². The Hall–Kier alpha value is -0.380. The molecule has 1 aliphatic heterocycles. The van der Waals surface area contributed by atoms with E-state index in [0.29, 0.717) is 4.75 Å². The first-order valence-electron chi connectivity index (χ1n) is 7.97. The quantitative estimate of drug-likeness (QED) is 0.637. The zero-order valence-electron chi connectivity index (χ0n) is 12.6.